The summed E-state index contributed by atoms with van der Waals surface area (Å²) in [5.74, 6) is 0.270. The molecule has 0 spiro atoms. The lowest BCUT2D eigenvalue weighted by molar-refractivity contribution is -0.00461. The van der Waals surface area contributed by atoms with Gasteiger partial charge in [0, 0.05) is 39.8 Å². The molecular formula is C11H23N3O3. The predicted octanol–water partition coefficient (Wildman–Crippen LogP) is 0.247. The molecule has 0 radical (unpaired) electrons. The molecule has 0 aromatic heterocycles. The summed E-state index contributed by atoms with van der Waals surface area (Å²) in [6, 6.07) is 0.267. The molecule has 1 aliphatic heterocycles. The van der Waals surface area contributed by atoms with Crippen molar-refractivity contribution in [3.8, 4) is 0 Å². The van der Waals surface area contributed by atoms with E-state index >= 15 is 0 Å². The van der Waals surface area contributed by atoms with Crippen LogP contribution in [0.25, 0.3) is 0 Å². The van der Waals surface area contributed by atoms with Crippen LogP contribution in [0.4, 0.5) is 0 Å². The van der Waals surface area contributed by atoms with Crippen molar-refractivity contribution in [1.82, 2.24) is 4.90 Å². The van der Waals surface area contributed by atoms with Crippen LogP contribution in [0.2, 0.25) is 0 Å². The molecule has 3 atom stereocenters. The molecule has 0 aromatic rings. The lowest BCUT2D eigenvalue weighted by Crippen LogP contribution is -2.37. The van der Waals surface area contributed by atoms with Gasteiger partial charge in [0.1, 0.15) is 5.84 Å². The van der Waals surface area contributed by atoms with Crippen molar-refractivity contribution in [3.05, 3.63) is 0 Å². The minimum atomic E-state index is 0.0985. The third kappa shape index (κ3) is 3.55. The maximum atomic E-state index is 8.61. The number of nitrogens with zero attached hydrogens (tertiary/aromatic N) is 2. The summed E-state index contributed by atoms with van der Waals surface area (Å²) < 4.78 is 10.8. The quantitative estimate of drug-likeness (QED) is 0.303. The maximum absolute atomic E-state index is 8.61. The fourth-order valence-corrected chi connectivity index (χ4v) is 2.34. The van der Waals surface area contributed by atoms with Crippen molar-refractivity contribution < 1.29 is 14.7 Å². The Bertz CT molecular complexity index is 248. The topological polar surface area (TPSA) is 80.3 Å². The van der Waals surface area contributed by atoms with Gasteiger partial charge in [-0.05, 0) is 6.42 Å². The Morgan fingerprint density at radius 2 is 1.94 bits per heavy atom. The molecular weight excluding hydrogens is 222 g/mol. The predicted molar refractivity (Wildman–Crippen MR) is 65.3 cm³/mol. The summed E-state index contributed by atoms with van der Waals surface area (Å²) >= 11 is 0. The van der Waals surface area contributed by atoms with Gasteiger partial charge in [-0.3, -0.25) is 4.90 Å². The second-order valence-electron chi connectivity index (χ2n) is 4.36. The van der Waals surface area contributed by atoms with Gasteiger partial charge in [0.2, 0.25) is 0 Å². The van der Waals surface area contributed by atoms with Crippen molar-refractivity contribution >= 4 is 5.84 Å². The van der Waals surface area contributed by atoms with Crippen LogP contribution in [0.1, 0.15) is 19.8 Å². The van der Waals surface area contributed by atoms with Gasteiger partial charge in [-0.2, -0.15) is 0 Å². The number of nitrogens with two attached hydrogens (primary N) is 1. The lowest BCUT2D eigenvalue weighted by Gasteiger charge is -2.26. The summed E-state index contributed by atoms with van der Waals surface area (Å²) in [6.45, 7) is 3.75. The highest BCUT2D eigenvalue weighted by Gasteiger charge is 2.36. The molecule has 1 heterocycles. The third-order valence-corrected chi connectivity index (χ3v) is 3.41. The first-order chi connectivity index (χ1) is 8.15. The molecule has 0 saturated carbocycles. The van der Waals surface area contributed by atoms with E-state index < -0.39 is 0 Å². The normalized spacial score (nSPS) is 28.5. The summed E-state index contributed by atoms with van der Waals surface area (Å²) in [6.07, 6.45) is 1.71. The number of hydrogen-bond donors (Lipinski definition) is 2. The van der Waals surface area contributed by atoms with Crippen LogP contribution in [-0.2, 0) is 9.47 Å². The molecule has 3 unspecified atom stereocenters. The first kappa shape index (κ1) is 14.2. The van der Waals surface area contributed by atoms with Crippen LogP contribution < -0.4 is 5.73 Å². The van der Waals surface area contributed by atoms with Gasteiger partial charge in [-0.15, -0.1) is 0 Å². The number of rotatable bonds is 6. The third-order valence-electron chi connectivity index (χ3n) is 3.41. The van der Waals surface area contributed by atoms with Gasteiger partial charge in [0.15, 0.2) is 0 Å². The number of hydrogen-bond acceptors (Lipinski definition) is 5. The number of amidine groups is 1. The minimum absolute atomic E-state index is 0.0985. The van der Waals surface area contributed by atoms with Gasteiger partial charge >= 0.3 is 0 Å². The molecule has 1 rings (SSSR count). The van der Waals surface area contributed by atoms with Crippen molar-refractivity contribution in [3.63, 3.8) is 0 Å². The Morgan fingerprint density at radius 1 is 1.41 bits per heavy atom. The Kier molecular flexibility index (Phi) is 5.67. The number of methoxy groups -OCH3 is 2. The molecule has 0 bridgehead atoms. The lowest BCUT2D eigenvalue weighted by atomic mass is 10.1. The first-order valence-corrected chi connectivity index (χ1v) is 5.92. The Labute approximate surface area is 102 Å². The fourth-order valence-electron chi connectivity index (χ4n) is 2.34. The van der Waals surface area contributed by atoms with Crippen LogP contribution in [0, 0.1) is 0 Å². The molecule has 0 aromatic carbocycles. The molecule has 100 valence electrons. The molecule has 6 nitrogen and oxygen atoms in total. The monoisotopic (exact) mass is 245 g/mol. The molecule has 1 fully saturated rings. The van der Waals surface area contributed by atoms with E-state index in [9.17, 15) is 0 Å². The van der Waals surface area contributed by atoms with E-state index in [4.69, 9.17) is 20.4 Å². The van der Waals surface area contributed by atoms with Crippen LogP contribution in [0.5, 0.6) is 0 Å². The van der Waals surface area contributed by atoms with E-state index in [-0.39, 0.29) is 24.1 Å². The van der Waals surface area contributed by atoms with E-state index in [0.717, 1.165) is 19.5 Å². The standard InChI is InChI=1S/C11H23N3O3/c1-4-8(5-11(12)13-15)14-6-9(16-2)10(7-14)17-3/h8-10,15H,4-7H2,1-3H3,(H2,12,13). The Balaban J connectivity index is 2.59. The average molecular weight is 245 g/mol. The zero-order valence-electron chi connectivity index (χ0n) is 10.8. The summed E-state index contributed by atoms with van der Waals surface area (Å²) in [7, 11) is 3.40. The van der Waals surface area contributed by atoms with Crippen molar-refractivity contribution in [1.29, 1.82) is 0 Å². The highest BCUT2D eigenvalue weighted by molar-refractivity contribution is 5.80. The molecule has 6 heteroatoms. The van der Waals surface area contributed by atoms with Gasteiger partial charge in [-0.25, -0.2) is 0 Å². The van der Waals surface area contributed by atoms with E-state index in [1.165, 1.54) is 0 Å². The molecule has 1 saturated heterocycles. The highest BCUT2D eigenvalue weighted by Crippen LogP contribution is 2.21. The largest absolute Gasteiger partial charge is 0.409 e. The second-order valence-corrected chi connectivity index (χ2v) is 4.36. The maximum Gasteiger partial charge on any atom is 0.140 e. The van der Waals surface area contributed by atoms with E-state index in [2.05, 4.69) is 17.0 Å². The van der Waals surface area contributed by atoms with Gasteiger partial charge in [-0.1, -0.05) is 12.1 Å². The van der Waals surface area contributed by atoms with Crippen LogP contribution >= 0.6 is 0 Å². The zero-order chi connectivity index (χ0) is 12.8. The van der Waals surface area contributed by atoms with Crippen molar-refractivity contribution in [2.45, 2.75) is 38.0 Å². The van der Waals surface area contributed by atoms with Crippen LogP contribution in [0.15, 0.2) is 5.16 Å². The molecule has 3 N–H and O–H groups in total. The number of oxime groups is 1. The summed E-state index contributed by atoms with van der Waals surface area (Å²) in [5.41, 5.74) is 5.56. The Morgan fingerprint density at radius 3 is 2.29 bits per heavy atom. The second kappa shape index (κ2) is 6.78. The first-order valence-electron chi connectivity index (χ1n) is 5.92. The molecule has 0 amide bonds. The van der Waals surface area contributed by atoms with Gasteiger partial charge in [0.05, 0.1) is 12.2 Å². The summed E-state index contributed by atoms with van der Waals surface area (Å²) in [4.78, 5) is 2.28. The smallest absolute Gasteiger partial charge is 0.140 e. The summed E-state index contributed by atoms with van der Waals surface area (Å²) in [5, 5.41) is 11.6. The molecule has 1 aliphatic rings. The van der Waals surface area contributed by atoms with E-state index in [0.29, 0.717) is 6.42 Å². The molecule has 17 heavy (non-hydrogen) atoms. The van der Waals surface area contributed by atoms with E-state index in [1.807, 2.05) is 0 Å². The van der Waals surface area contributed by atoms with Crippen LogP contribution in [0.3, 0.4) is 0 Å². The SMILES string of the molecule is CCC(CC(N)=NO)N1CC(OC)C(OC)C1. The fraction of sp³-hybridized carbons (Fsp3) is 0.909. The Hall–Kier alpha value is -0.850. The average Bonchev–Trinajstić information content (AvgIpc) is 2.78. The van der Waals surface area contributed by atoms with Crippen molar-refractivity contribution in [2.24, 2.45) is 10.9 Å². The molecule has 0 aliphatic carbocycles. The zero-order valence-corrected chi connectivity index (χ0v) is 10.8. The van der Waals surface area contributed by atoms with Gasteiger partial charge < -0.3 is 20.4 Å². The minimum Gasteiger partial charge on any atom is -0.409 e. The number of ether oxygens (including phenoxy) is 2. The van der Waals surface area contributed by atoms with E-state index in [1.54, 1.807) is 14.2 Å². The van der Waals surface area contributed by atoms with Crippen LogP contribution in [-0.4, -0.2) is 61.5 Å². The highest BCUT2D eigenvalue weighted by atomic mass is 16.5. The number of likely N-dealkylation sites (tertiary alicyclic amines) is 1. The van der Waals surface area contributed by atoms with Gasteiger partial charge in [0.25, 0.3) is 0 Å². The van der Waals surface area contributed by atoms with Crippen molar-refractivity contribution in [2.75, 3.05) is 27.3 Å².